The highest BCUT2D eigenvalue weighted by Gasteiger charge is 2.18. The molecule has 78 valence electrons. The van der Waals surface area contributed by atoms with Gasteiger partial charge in [0.25, 0.3) is 5.91 Å². The van der Waals surface area contributed by atoms with Gasteiger partial charge in [-0.1, -0.05) is 12.2 Å². The summed E-state index contributed by atoms with van der Waals surface area (Å²) < 4.78 is 0. The summed E-state index contributed by atoms with van der Waals surface area (Å²) in [5.41, 5.74) is 1.06. The summed E-state index contributed by atoms with van der Waals surface area (Å²) in [5.74, 6) is -0.104. The minimum Gasteiger partial charge on any atom is -0.330 e. The molecule has 15 heavy (non-hydrogen) atoms. The van der Waals surface area contributed by atoms with E-state index < -0.39 is 0 Å². The highest BCUT2D eigenvalue weighted by Crippen LogP contribution is 2.10. The van der Waals surface area contributed by atoms with Crippen LogP contribution < -0.4 is 0 Å². The van der Waals surface area contributed by atoms with Gasteiger partial charge in [0, 0.05) is 18.8 Å². The SMILES string of the molecule is Cc1cc(C(=O)N2CC=CC2)nc(Cl)n1. The number of rotatable bonds is 1. The number of carbonyl (C=O) groups is 1. The van der Waals surface area contributed by atoms with Crippen molar-refractivity contribution in [3.8, 4) is 0 Å². The van der Waals surface area contributed by atoms with Gasteiger partial charge in [-0.2, -0.15) is 0 Å². The lowest BCUT2D eigenvalue weighted by atomic mass is 10.3. The molecule has 2 rings (SSSR count). The molecule has 1 aromatic heterocycles. The first-order valence-corrected chi connectivity index (χ1v) is 5.00. The second-order valence-corrected chi connectivity index (χ2v) is 3.68. The van der Waals surface area contributed by atoms with Crippen LogP contribution in [0.4, 0.5) is 0 Å². The van der Waals surface area contributed by atoms with E-state index in [2.05, 4.69) is 9.97 Å². The lowest BCUT2D eigenvalue weighted by molar-refractivity contribution is 0.0794. The van der Waals surface area contributed by atoms with Gasteiger partial charge in [0.2, 0.25) is 5.28 Å². The van der Waals surface area contributed by atoms with Gasteiger partial charge >= 0.3 is 0 Å². The first kappa shape index (κ1) is 10.1. The van der Waals surface area contributed by atoms with Gasteiger partial charge in [-0.25, -0.2) is 9.97 Å². The molecule has 2 heterocycles. The number of hydrogen-bond acceptors (Lipinski definition) is 3. The topological polar surface area (TPSA) is 46.1 Å². The number of aryl methyl sites for hydroxylation is 1. The van der Waals surface area contributed by atoms with Gasteiger partial charge in [0.1, 0.15) is 5.69 Å². The summed E-state index contributed by atoms with van der Waals surface area (Å²) in [6.07, 6.45) is 3.90. The summed E-state index contributed by atoms with van der Waals surface area (Å²) in [6, 6.07) is 1.65. The van der Waals surface area contributed by atoms with E-state index in [9.17, 15) is 4.79 Å². The third-order valence-electron chi connectivity index (χ3n) is 2.15. The summed E-state index contributed by atoms with van der Waals surface area (Å²) in [4.78, 5) is 21.4. The summed E-state index contributed by atoms with van der Waals surface area (Å²) >= 11 is 5.69. The van der Waals surface area contributed by atoms with E-state index in [1.165, 1.54) is 0 Å². The molecule has 0 aromatic carbocycles. The number of carbonyl (C=O) groups excluding carboxylic acids is 1. The normalized spacial score (nSPS) is 14.7. The molecule has 0 saturated heterocycles. The zero-order chi connectivity index (χ0) is 10.8. The van der Waals surface area contributed by atoms with Crippen molar-refractivity contribution in [3.63, 3.8) is 0 Å². The largest absolute Gasteiger partial charge is 0.330 e. The minimum absolute atomic E-state index is 0.104. The second kappa shape index (κ2) is 3.98. The highest BCUT2D eigenvalue weighted by molar-refractivity contribution is 6.28. The Hall–Kier alpha value is -1.42. The fraction of sp³-hybridized carbons (Fsp3) is 0.300. The van der Waals surface area contributed by atoms with E-state index >= 15 is 0 Å². The van der Waals surface area contributed by atoms with Crippen LogP contribution in [0.5, 0.6) is 0 Å². The van der Waals surface area contributed by atoms with Crippen molar-refractivity contribution in [2.75, 3.05) is 13.1 Å². The lowest BCUT2D eigenvalue weighted by Crippen LogP contribution is -2.29. The van der Waals surface area contributed by atoms with Crippen LogP contribution in [-0.2, 0) is 0 Å². The van der Waals surface area contributed by atoms with Crippen molar-refractivity contribution in [1.82, 2.24) is 14.9 Å². The van der Waals surface area contributed by atoms with Crippen molar-refractivity contribution < 1.29 is 4.79 Å². The molecule has 0 saturated carbocycles. The van der Waals surface area contributed by atoms with E-state index in [1.807, 2.05) is 12.2 Å². The van der Waals surface area contributed by atoms with Gasteiger partial charge < -0.3 is 4.90 Å². The molecule has 0 radical (unpaired) electrons. The Morgan fingerprint density at radius 3 is 2.67 bits per heavy atom. The zero-order valence-electron chi connectivity index (χ0n) is 8.27. The van der Waals surface area contributed by atoms with E-state index in [0.717, 1.165) is 0 Å². The van der Waals surface area contributed by atoms with Crippen molar-refractivity contribution in [2.24, 2.45) is 0 Å². The van der Waals surface area contributed by atoms with Gasteiger partial charge in [-0.05, 0) is 24.6 Å². The fourth-order valence-corrected chi connectivity index (χ4v) is 1.67. The smallest absolute Gasteiger partial charge is 0.273 e. The fourth-order valence-electron chi connectivity index (χ4n) is 1.45. The zero-order valence-corrected chi connectivity index (χ0v) is 9.03. The third-order valence-corrected chi connectivity index (χ3v) is 2.32. The van der Waals surface area contributed by atoms with E-state index in [0.29, 0.717) is 24.5 Å². The number of nitrogens with zero attached hydrogens (tertiary/aromatic N) is 3. The predicted molar refractivity (Wildman–Crippen MR) is 56.8 cm³/mol. The van der Waals surface area contributed by atoms with Gasteiger partial charge in [-0.15, -0.1) is 0 Å². The molecule has 1 amide bonds. The van der Waals surface area contributed by atoms with Crippen molar-refractivity contribution in [2.45, 2.75) is 6.92 Å². The molecule has 0 bridgehead atoms. The molecule has 5 heteroatoms. The Labute approximate surface area is 92.6 Å². The molecular weight excluding hydrogens is 214 g/mol. The molecule has 1 aromatic rings. The van der Waals surface area contributed by atoms with Crippen molar-refractivity contribution in [3.05, 3.63) is 34.9 Å². The van der Waals surface area contributed by atoms with Crippen LogP contribution in [0.2, 0.25) is 5.28 Å². The standard InChI is InChI=1S/C10H10ClN3O/c1-7-6-8(13-10(11)12-7)9(15)14-4-2-3-5-14/h2-3,6H,4-5H2,1H3. The summed E-state index contributed by atoms with van der Waals surface area (Å²) in [6.45, 7) is 3.06. The molecule has 0 N–H and O–H groups in total. The van der Waals surface area contributed by atoms with Crippen LogP contribution in [0.3, 0.4) is 0 Å². The molecule has 0 fully saturated rings. The van der Waals surface area contributed by atoms with Crippen molar-refractivity contribution >= 4 is 17.5 Å². The Morgan fingerprint density at radius 2 is 2.07 bits per heavy atom. The maximum absolute atomic E-state index is 11.9. The first-order chi connectivity index (χ1) is 7.16. The second-order valence-electron chi connectivity index (χ2n) is 3.35. The Balaban J connectivity index is 2.25. The number of halogens is 1. The Bertz CT molecular complexity index is 402. The maximum Gasteiger partial charge on any atom is 0.273 e. The first-order valence-electron chi connectivity index (χ1n) is 4.62. The predicted octanol–water partition coefficient (Wildman–Crippen LogP) is 1.45. The van der Waals surface area contributed by atoms with Gasteiger partial charge in [0.15, 0.2) is 0 Å². The molecule has 0 spiro atoms. The summed E-state index contributed by atoms with van der Waals surface area (Å²) in [5, 5.41) is 0.116. The van der Waals surface area contributed by atoms with Crippen LogP contribution in [0.1, 0.15) is 16.2 Å². The monoisotopic (exact) mass is 223 g/mol. The Kier molecular flexibility index (Phi) is 2.68. The Morgan fingerprint density at radius 1 is 1.40 bits per heavy atom. The maximum atomic E-state index is 11.9. The molecular formula is C10H10ClN3O. The molecule has 0 unspecified atom stereocenters. The molecule has 0 atom stereocenters. The van der Waals surface area contributed by atoms with Gasteiger partial charge in [-0.3, -0.25) is 4.79 Å². The van der Waals surface area contributed by atoms with Crippen LogP contribution >= 0.6 is 11.6 Å². The third kappa shape index (κ3) is 2.15. The van der Waals surface area contributed by atoms with E-state index in [1.54, 1.807) is 17.9 Å². The lowest BCUT2D eigenvalue weighted by Gasteiger charge is -2.14. The van der Waals surface area contributed by atoms with Crippen LogP contribution in [-0.4, -0.2) is 33.9 Å². The molecule has 4 nitrogen and oxygen atoms in total. The quantitative estimate of drug-likeness (QED) is 0.535. The molecule has 1 aliphatic rings. The van der Waals surface area contributed by atoms with Crippen molar-refractivity contribution in [1.29, 1.82) is 0 Å². The van der Waals surface area contributed by atoms with Crippen LogP contribution in [0, 0.1) is 6.92 Å². The highest BCUT2D eigenvalue weighted by atomic mass is 35.5. The summed E-state index contributed by atoms with van der Waals surface area (Å²) in [7, 11) is 0. The minimum atomic E-state index is -0.104. The number of aromatic nitrogens is 2. The average Bonchev–Trinajstić information content (AvgIpc) is 2.67. The van der Waals surface area contributed by atoms with E-state index in [-0.39, 0.29) is 11.2 Å². The average molecular weight is 224 g/mol. The van der Waals surface area contributed by atoms with Gasteiger partial charge in [0.05, 0.1) is 0 Å². The number of amides is 1. The van der Waals surface area contributed by atoms with E-state index in [4.69, 9.17) is 11.6 Å². The molecule has 0 aliphatic carbocycles. The van der Waals surface area contributed by atoms with Crippen LogP contribution in [0.15, 0.2) is 18.2 Å². The number of hydrogen-bond donors (Lipinski definition) is 0. The van der Waals surface area contributed by atoms with Crippen LogP contribution in [0.25, 0.3) is 0 Å². The molecule has 1 aliphatic heterocycles.